The van der Waals surface area contributed by atoms with Gasteiger partial charge in [0, 0.05) is 21.8 Å². The molecule has 136 valence electrons. The molecule has 1 amide bonds. The summed E-state index contributed by atoms with van der Waals surface area (Å²) < 4.78 is 14.3. The van der Waals surface area contributed by atoms with Crippen molar-refractivity contribution in [1.29, 1.82) is 0 Å². The van der Waals surface area contributed by atoms with Crippen LogP contribution in [0.5, 0.6) is 0 Å². The number of carbonyl (C=O) groups excluding carboxylic acids is 1. The third-order valence-electron chi connectivity index (χ3n) is 3.85. The van der Waals surface area contributed by atoms with Gasteiger partial charge in [-0.1, -0.05) is 28.1 Å². The molecule has 3 rings (SSSR count). The molecule has 3 aromatic rings. The number of aryl methyl sites for hydroxylation is 1. The second kappa shape index (κ2) is 7.63. The van der Waals surface area contributed by atoms with Crippen LogP contribution in [0.25, 0.3) is 11.3 Å². The number of nitro groups is 1. The van der Waals surface area contributed by atoms with Crippen molar-refractivity contribution in [2.24, 2.45) is 0 Å². The van der Waals surface area contributed by atoms with E-state index < -0.39 is 22.3 Å². The summed E-state index contributed by atoms with van der Waals surface area (Å²) in [6.07, 6.45) is 0. The van der Waals surface area contributed by atoms with Crippen molar-refractivity contribution in [3.05, 3.63) is 86.3 Å². The maximum absolute atomic E-state index is 13.4. The van der Waals surface area contributed by atoms with Gasteiger partial charge in [-0.3, -0.25) is 19.9 Å². The zero-order valence-corrected chi connectivity index (χ0v) is 15.7. The van der Waals surface area contributed by atoms with Gasteiger partial charge in [0.15, 0.2) is 0 Å². The van der Waals surface area contributed by atoms with Crippen LogP contribution in [0.3, 0.4) is 0 Å². The number of nitro benzene ring substituents is 1. The first-order valence-electron chi connectivity index (χ1n) is 7.84. The lowest BCUT2D eigenvalue weighted by Gasteiger charge is -2.09. The Morgan fingerprint density at radius 1 is 1.19 bits per heavy atom. The fourth-order valence-electron chi connectivity index (χ4n) is 2.54. The fourth-order valence-corrected chi connectivity index (χ4v) is 2.94. The molecule has 2 aromatic carbocycles. The molecule has 1 aromatic heterocycles. The van der Waals surface area contributed by atoms with Gasteiger partial charge in [0.25, 0.3) is 5.91 Å². The summed E-state index contributed by atoms with van der Waals surface area (Å²) in [7, 11) is 0. The minimum absolute atomic E-state index is 0.128. The van der Waals surface area contributed by atoms with Crippen molar-refractivity contribution in [1.82, 2.24) is 4.98 Å². The molecule has 0 saturated heterocycles. The molecule has 0 aliphatic rings. The first-order valence-corrected chi connectivity index (χ1v) is 8.63. The number of carbonyl (C=O) groups is 1. The monoisotopic (exact) mass is 429 g/mol. The highest BCUT2D eigenvalue weighted by Crippen LogP contribution is 2.24. The van der Waals surface area contributed by atoms with Crippen LogP contribution in [0.4, 0.5) is 15.8 Å². The van der Waals surface area contributed by atoms with Crippen LogP contribution in [-0.4, -0.2) is 15.8 Å². The maximum Gasteiger partial charge on any atom is 0.306 e. The van der Waals surface area contributed by atoms with Gasteiger partial charge in [-0.2, -0.15) is 4.39 Å². The molecule has 6 nitrogen and oxygen atoms in total. The predicted molar refractivity (Wildman–Crippen MR) is 103 cm³/mol. The third-order valence-corrected chi connectivity index (χ3v) is 4.34. The summed E-state index contributed by atoms with van der Waals surface area (Å²) in [5, 5.41) is 13.4. The molecule has 1 N–H and O–H groups in total. The van der Waals surface area contributed by atoms with E-state index in [1.807, 2.05) is 24.3 Å². The Hall–Kier alpha value is -3.13. The lowest BCUT2D eigenvalue weighted by atomic mass is 10.1. The van der Waals surface area contributed by atoms with E-state index in [0.29, 0.717) is 17.0 Å². The van der Waals surface area contributed by atoms with Crippen LogP contribution in [0.2, 0.25) is 0 Å². The van der Waals surface area contributed by atoms with Gasteiger partial charge >= 0.3 is 5.69 Å². The molecular weight excluding hydrogens is 417 g/mol. The third kappa shape index (κ3) is 4.17. The number of aromatic nitrogens is 1. The second-order valence-electron chi connectivity index (χ2n) is 5.72. The highest BCUT2D eigenvalue weighted by Gasteiger charge is 2.17. The first-order chi connectivity index (χ1) is 12.8. The molecule has 0 radical (unpaired) electrons. The van der Waals surface area contributed by atoms with E-state index in [-0.39, 0.29) is 5.69 Å². The topological polar surface area (TPSA) is 85.1 Å². The van der Waals surface area contributed by atoms with E-state index in [0.717, 1.165) is 22.2 Å². The number of hydrogen-bond acceptors (Lipinski definition) is 4. The van der Waals surface area contributed by atoms with E-state index >= 15 is 0 Å². The Kier molecular flexibility index (Phi) is 5.27. The van der Waals surface area contributed by atoms with Crippen molar-refractivity contribution >= 4 is 33.2 Å². The summed E-state index contributed by atoms with van der Waals surface area (Å²) >= 11 is 3.41. The van der Waals surface area contributed by atoms with Gasteiger partial charge in [0.1, 0.15) is 0 Å². The fraction of sp³-hybridized carbons (Fsp3) is 0.0526. The van der Waals surface area contributed by atoms with Crippen molar-refractivity contribution in [2.45, 2.75) is 6.92 Å². The number of nitrogens with one attached hydrogen (secondary N) is 1. The molecule has 27 heavy (non-hydrogen) atoms. The number of amides is 1. The smallest absolute Gasteiger partial charge is 0.306 e. The Morgan fingerprint density at radius 2 is 1.96 bits per heavy atom. The number of benzene rings is 2. The van der Waals surface area contributed by atoms with Gasteiger partial charge in [0.2, 0.25) is 5.82 Å². The van der Waals surface area contributed by atoms with Gasteiger partial charge in [-0.05, 0) is 43.3 Å². The lowest BCUT2D eigenvalue weighted by molar-refractivity contribution is -0.387. The summed E-state index contributed by atoms with van der Waals surface area (Å²) in [4.78, 5) is 26.9. The molecule has 0 bridgehead atoms. The van der Waals surface area contributed by atoms with E-state index in [4.69, 9.17) is 0 Å². The predicted octanol–water partition coefficient (Wildman–Crippen LogP) is 5.12. The lowest BCUT2D eigenvalue weighted by Crippen LogP contribution is -2.14. The zero-order chi connectivity index (χ0) is 19.6. The standard InChI is InChI=1S/C19H13BrFN3O3/c1-11-15(6-8-17(22-11)12-3-2-4-13(20)9-12)19(25)23-14-5-7-16(21)18(10-14)24(26)27/h2-10H,1H3,(H,23,25). The van der Waals surface area contributed by atoms with E-state index in [9.17, 15) is 19.3 Å². The number of halogens is 2. The van der Waals surface area contributed by atoms with Gasteiger partial charge < -0.3 is 5.32 Å². The number of rotatable bonds is 4. The normalized spacial score (nSPS) is 10.5. The van der Waals surface area contributed by atoms with Gasteiger partial charge in [-0.25, -0.2) is 0 Å². The number of anilines is 1. The average molecular weight is 430 g/mol. The van der Waals surface area contributed by atoms with Crippen LogP contribution in [0, 0.1) is 22.9 Å². The second-order valence-corrected chi connectivity index (χ2v) is 6.63. The highest BCUT2D eigenvalue weighted by atomic mass is 79.9. The highest BCUT2D eigenvalue weighted by molar-refractivity contribution is 9.10. The molecule has 0 aliphatic heterocycles. The Balaban J connectivity index is 1.85. The zero-order valence-electron chi connectivity index (χ0n) is 14.1. The average Bonchev–Trinajstić information content (AvgIpc) is 2.63. The molecule has 0 saturated carbocycles. The van der Waals surface area contributed by atoms with Crippen LogP contribution < -0.4 is 5.32 Å². The minimum Gasteiger partial charge on any atom is -0.322 e. The SMILES string of the molecule is Cc1nc(-c2cccc(Br)c2)ccc1C(=O)Nc1ccc(F)c([N+](=O)[O-])c1. The Labute approximate surface area is 162 Å². The van der Waals surface area contributed by atoms with E-state index in [1.54, 1.807) is 19.1 Å². The molecule has 0 fully saturated rings. The summed E-state index contributed by atoms with van der Waals surface area (Å²) in [6.45, 7) is 1.70. The molecule has 0 aliphatic carbocycles. The van der Waals surface area contributed by atoms with Gasteiger partial charge in [-0.15, -0.1) is 0 Å². The molecule has 1 heterocycles. The van der Waals surface area contributed by atoms with Crippen LogP contribution >= 0.6 is 15.9 Å². The number of hydrogen-bond donors (Lipinski definition) is 1. The largest absolute Gasteiger partial charge is 0.322 e. The maximum atomic E-state index is 13.4. The van der Waals surface area contributed by atoms with Crippen LogP contribution in [0.15, 0.2) is 59.1 Å². The summed E-state index contributed by atoms with van der Waals surface area (Å²) in [5.41, 5.74) is 1.86. The number of nitrogens with zero attached hydrogens (tertiary/aromatic N) is 2. The Bertz CT molecular complexity index is 1060. The van der Waals surface area contributed by atoms with Crippen molar-refractivity contribution in [2.75, 3.05) is 5.32 Å². The van der Waals surface area contributed by atoms with E-state index in [1.165, 1.54) is 6.07 Å². The molecular formula is C19H13BrFN3O3. The van der Waals surface area contributed by atoms with Gasteiger partial charge in [0.05, 0.1) is 21.9 Å². The van der Waals surface area contributed by atoms with Crippen molar-refractivity contribution < 1.29 is 14.1 Å². The Morgan fingerprint density at radius 3 is 2.63 bits per heavy atom. The molecule has 0 unspecified atom stereocenters. The van der Waals surface area contributed by atoms with E-state index in [2.05, 4.69) is 26.2 Å². The van der Waals surface area contributed by atoms with Crippen molar-refractivity contribution in [3.63, 3.8) is 0 Å². The van der Waals surface area contributed by atoms with Crippen molar-refractivity contribution in [3.8, 4) is 11.3 Å². The quantitative estimate of drug-likeness (QED) is 0.460. The minimum atomic E-state index is -0.964. The van der Waals surface area contributed by atoms with Crippen LogP contribution in [-0.2, 0) is 0 Å². The summed E-state index contributed by atoms with van der Waals surface area (Å²) in [5.74, 6) is -1.45. The van der Waals surface area contributed by atoms with Crippen LogP contribution in [0.1, 0.15) is 16.1 Å². The molecule has 8 heteroatoms. The summed E-state index contributed by atoms with van der Waals surface area (Å²) in [6, 6.07) is 14.1. The molecule has 0 spiro atoms. The number of pyridine rings is 1. The first kappa shape index (κ1) is 18.7. The molecule has 0 atom stereocenters.